The first kappa shape index (κ1) is 20.8. The molecule has 0 heterocycles. The molecule has 1 amide bonds. The Bertz CT molecular complexity index is 913. The Hall–Kier alpha value is -2.46. The van der Waals surface area contributed by atoms with E-state index in [0.29, 0.717) is 0 Å². The number of hydrogen-bond donors (Lipinski definition) is 1. The normalized spacial score (nSPS) is 12.2. The third-order valence-corrected chi connectivity index (χ3v) is 5.44. The molecule has 2 aromatic carbocycles. The molecular weight excluding hydrogens is 388 g/mol. The number of benzene rings is 2. The molecule has 0 aliphatic heterocycles. The van der Waals surface area contributed by atoms with E-state index in [4.69, 9.17) is 0 Å². The summed E-state index contributed by atoms with van der Waals surface area (Å²) >= 11 is 0. The summed E-state index contributed by atoms with van der Waals surface area (Å²) in [6.07, 6.45) is -4.55. The lowest BCUT2D eigenvalue weighted by Gasteiger charge is -2.18. The molecule has 0 fully saturated rings. The highest BCUT2D eigenvalue weighted by atomic mass is 32.2. The van der Waals surface area contributed by atoms with Crippen molar-refractivity contribution in [1.82, 2.24) is 9.62 Å². The van der Waals surface area contributed by atoms with Crippen molar-refractivity contribution in [2.45, 2.75) is 17.6 Å². The van der Waals surface area contributed by atoms with E-state index in [1.165, 1.54) is 25.2 Å². The van der Waals surface area contributed by atoms with E-state index in [1.807, 2.05) is 0 Å². The average Bonchev–Trinajstić information content (AvgIpc) is 2.61. The summed E-state index contributed by atoms with van der Waals surface area (Å²) in [5, 5.41) is 1.69. The maximum Gasteiger partial charge on any atom is 0.405 e. The fourth-order valence-corrected chi connectivity index (χ4v) is 3.34. The molecule has 0 bridgehead atoms. The van der Waals surface area contributed by atoms with Crippen LogP contribution in [0.25, 0.3) is 0 Å². The van der Waals surface area contributed by atoms with Crippen molar-refractivity contribution in [3.63, 3.8) is 0 Å². The number of nitrogens with one attached hydrogen (secondary N) is 1. The van der Waals surface area contributed by atoms with Crippen molar-refractivity contribution in [1.29, 1.82) is 0 Å². The summed E-state index contributed by atoms with van der Waals surface area (Å²) in [5.74, 6) is -1.52. The molecule has 0 aliphatic rings. The number of halogens is 4. The second-order valence-corrected chi connectivity index (χ2v) is 7.72. The number of rotatable bonds is 6. The molecule has 5 nitrogen and oxygen atoms in total. The largest absolute Gasteiger partial charge is 0.405 e. The van der Waals surface area contributed by atoms with Crippen LogP contribution in [0.5, 0.6) is 0 Å². The van der Waals surface area contributed by atoms with Gasteiger partial charge in [0.15, 0.2) is 0 Å². The van der Waals surface area contributed by atoms with Crippen molar-refractivity contribution in [3.05, 3.63) is 65.5 Å². The number of hydrogen-bond acceptors (Lipinski definition) is 3. The van der Waals surface area contributed by atoms with Crippen LogP contribution in [0.1, 0.15) is 15.9 Å². The number of amides is 1. The number of carbonyl (C=O) groups is 1. The fourth-order valence-electron chi connectivity index (χ4n) is 2.19. The number of carbonyl (C=O) groups excluding carboxylic acids is 1. The molecule has 2 aromatic rings. The van der Waals surface area contributed by atoms with E-state index in [0.717, 1.165) is 28.6 Å². The molecule has 0 saturated carbocycles. The zero-order valence-corrected chi connectivity index (χ0v) is 14.9. The van der Waals surface area contributed by atoms with Crippen molar-refractivity contribution in [2.24, 2.45) is 0 Å². The van der Waals surface area contributed by atoms with Crippen LogP contribution in [0, 0.1) is 5.82 Å². The Labute approximate surface area is 153 Å². The highest BCUT2D eigenvalue weighted by Crippen LogP contribution is 2.19. The van der Waals surface area contributed by atoms with E-state index in [2.05, 4.69) is 0 Å². The van der Waals surface area contributed by atoms with Crippen LogP contribution in [-0.4, -0.2) is 38.4 Å². The van der Waals surface area contributed by atoms with Gasteiger partial charge in [-0.3, -0.25) is 4.79 Å². The van der Waals surface area contributed by atoms with Gasteiger partial charge in [0.25, 0.3) is 5.91 Å². The third kappa shape index (κ3) is 5.51. The van der Waals surface area contributed by atoms with Crippen LogP contribution in [0.3, 0.4) is 0 Å². The van der Waals surface area contributed by atoms with Crippen LogP contribution in [0.15, 0.2) is 53.4 Å². The molecule has 0 atom stereocenters. The van der Waals surface area contributed by atoms with E-state index >= 15 is 0 Å². The van der Waals surface area contributed by atoms with Crippen LogP contribution in [0.4, 0.5) is 17.6 Å². The minimum Gasteiger partial charge on any atom is -0.343 e. The van der Waals surface area contributed by atoms with Crippen molar-refractivity contribution in [3.8, 4) is 0 Å². The van der Waals surface area contributed by atoms with Gasteiger partial charge >= 0.3 is 6.18 Å². The van der Waals surface area contributed by atoms with Crippen molar-refractivity contribution in [2.75, 3.05) is 13.6 Å². The summed E-state index contributed by atoms with van der Waals surface area (Å²) in [6.45, 7) is -1.69. The van der Waals surface area contributed by atoms with Gasteiger partial charge in [-0.05, 0) is 30.3 Å². The molecule has 0 radical (unpaired) electrons. The second-order valence-electron chi connectivity index (χ2n) is 5.67. The first-order valence-electron chi connectivity index (χ1n) is 7.65. The topological polar surface area (TPSA) is 66.5 Å². The lowest BCUT2D eigenvalue weighted by Crippen LogP contribution is -2.33. The summed E-state index contributed by atoms with van der Waals surface area (Å²) in [5.41, 5.74) is 0.0710. The molecule has 27 heavy (non-hydrogen) atoms. The van der Waals surface area contributed by atoms with Gasteiger partial charge in [-0.2, -0.15) is 17.5 Å². The molecule has 146 valence electrons. The Morgan fingerprint density at radius 2 is 1.67 bits per heavy atom. The van der Waals surface area contributed by atoms with E-state index in [-0.39, 0.29) is 22.6 Å². The maximum absolute atomic E-state index is 13.7. The van der Waals surface area contributed by atoms with E-state index < -0.39 is 34.5 Å². The number of nitrogens with zero attached hydrogens (tertiary/aromatic N) is 1. The lowest BCUT2D eigenvalue weighted by atomic mass is 10.2. The molecule has 2 rings (SSSR count). The molecule has 0 aliphatic carbocycles. The first-order chi connectivity index (χ1) is 12.5. The van der Waals surface area contributed by atoms with Crippen molar-refractivity contribution >= 4 is 15.9 Å². The Balaban J connectivity index is 2.12. The van der Waals surface area contributed by atoms with Gasteiger partial charge in [0.05, 0.1) is 4.90 Å². The SMILES string of the molecule is CN(Cc1ccccc1F)S(=O)(=O)c1ccc(C(=O)NCC(F)(F)F)cc1. The molecule has 1 N–H and O–H groups in total. The van der Waals surface area contributed by atoms with Crippen LogP contribution >= 0.6 is 0 Å². The van der Waals surface area contributed by atoms with Gasteiger partial charge < -0.3 is 5.32 Å². The first-order valence-corrected chi connectivity index (χ1v) is 9.09. The zero-order chi connectivity index (χ0) is 20.2. The Morgan fingerprint density at radius 1 is 1.07 bits per heavy atom. The number of alkyl halides is 3. The smallest absolute Gasteiger partial charge is 0.343 e. The minimum atomic E-state index is -4.55. The zero-order valence-electron chi connectivity index (χ0n) is 14.1. The van der Waals surface area contributed by atoms with Gasteiger partial charge in [0.1, 0.15) is 12.4 Å². The molecule has 0 saturated heterocycles. The van der Waals surface area contributed by atoms with Crippen LogP contribution in [0.2, 0.25) is 0 Å². The summed E-state index contributed by atoms with van der Waals surface area (Å²) in [7, 11) is -2.71. The van der Waals surface area contributed by atoms with E-state index in [1.54, 1.807) is 11.4 Å². The molecule has 0 spiro atoms. The van der Waals surface area contributed by atoms with Crippen molar-refractivity contribution < 1.29 is 30.8 Å². The van der Waals surface area contributed by atoms with E-state index in [9.17, 15) is 30.8 Å². The second kappa shape index (κ2) is 8.05. The highest BCUT2D eigenvalue weighted by Gasteiger charge is 2.28. The predicted octanol–water partition coefficient (Wildman–Crippen LogP) is 2.94. The van der Waals surface area contributed by atoms with Gasteiger partial charge in [-0.25, -0.2) is 12.8 Å². The summed E-state index contributed by atoms with van der Waals surface area (Å²) in [4.78, 5) is 11.5. The minimum absolute atomic E-state index is 0.116. The molecule has 0 unspecified atom stereocenters. The van der Waals surface area contributed by atoms with Gasteiger partial charge in [0, 0.05) is 24.7 Å². The monoisotopic (exact) mass is 404 g/mol. The van der Waals surface area contributed by atoms with Gasteiger partial charge in [-0.1, -0.05) is 18.2 Å². The predicted molar refractivity (Wildman–Crippen MR) is 89.9 cm³/mol. The summed E-state index contributed by atoms with van der Waals surface area (Å²) in [6, 6.07) is 10.2. The Morgan fingerprint density at radius 3 is 2.22 bits per heavy atom. The summed E-state index contributed by atoms with van der Waals surface area (Å²) < 4.78 is 76.1. The van der Waals surface area contributed by atoms with Crippen LogP contribution < -0.4 is 5.32 Å². The quantitative estimate of drug-likeness (QED) is 0.753. The van der Waals surface area contributed by atoms with Gasteiger partial charge in [0.2, 0.25) is 10.0 Å². The third-order valence-electron chi connectivity index (χ3n) is 3.62. The molecule has 0 aromatic heterocycles. The lowest BCUT2D eigenvalue weighted by molar-refractivity contribution is -0.123. The molecular formula is C17H16F4N2O3S. The highest BCUT2D eigenvalue weighted by molar-refractivity contribution is 7.89. The van der Waals surface area contributed by atoms with Crippen LogP contribution in [-0.2, 0) is 16.6 Å². The molecule has 10 heteroatoms. The van der Waals surface area contributed by atoms with Gasteiger partial charge in [-0.15, -0.1) is 0 Å². The maximum atomic E-state index is 13.7. The standard InChI is InChI=1S/C17H16F4N2O3S/c1-23(10-13-4-2-3-5-15(13)18)27(25,26)14-8-6-12(7-9-14)16(24)22-11-17(19,20)21/h2-9H,10-11H2,1H3,(H,22,24). The average molecular weight is 404 g/mol. The number of sulfonamides is 1. The fraction of sp³-hybridized carbons (Fsp3) is 0.235. The Kier molecular flexibility index (Phi) is 6.22.